The first-order valence-corrected chi connectivity index (χ1v) is 6.85. The molecule has 0 saturated carbocycles. The molecule has 0 aliphatic carbocycles. The molecule has 18 heavy (non-hydrogen) atoms. The zero-order valence-corrected chi connectivity index (χ0v) is 12.4. The Bertz CT molecular complexity index is 366. The Labute approximate surface area is 116 Å². The number of rotatable bonds is 7. The molecule has 1 aromatic carbocycles. The lowest BCUT2D eigenvalue weighted by Gasteiger charge is -2.28. The molecule has 0 radical (unpaired) electrons. The molecular formula is C14H24ClN3. The highest BCUT2D eigenvalue weighted by Crippen LogP contribution is 2.29. The molecule has 4 heteroatoms. The van der Waals surface area contributed by atoms with E-state index in [1.165, 1.54) is 0 Å². The van der Waals surface area contributed by atoms with Crippen molar-refractivity contribution in [3.05, 3.63) is 28.8 Å². The van der Waals surface area contributed by atoms with Gasteiger partial charge < -0.3 is 15.5 Å². The fourth-order valence-electron chi connectivity index (χ4n) is 2.00. The second kappa shape index (κ2) is 7.62. The molecule has 0 aliphatic heterocycles. The summed E-state index contributed by atoms with van der Waals surface area (Å²) < 4.78 is 0. The number of nitrogens with zero attached hydrogens (tertiary/aromatic N) is 2. The molecule has 0 amide bonds. The van der Waals surface area contributed by atoms with E-state index < -0.39 is 0 Å². The van der Waals surface area contributed by atoms with Gasteiger partial charge in [-0.15, -0.1) is 0 Å². The molecule has 1 rings (SSSR count). The predicted octanol–water partition coefficient (Wildman–Crippen LogP) is 2.58. The average molecular weight is 270 g/mol. The van der Waals surface area contributed by atoms with Crippen LogP contribution in [-0.4, -0.2) is 38.6 Å². The van der Waals surface area contributed by atoms with E-state index in [1.807, 2.05) is 12.1 Å². The van der Waals surface area contributed by atoms with Gasteiger partial charge in [0, 0.05) is 26.2 Å². The Balaban J connectivity index is 2.96. The number of halogens is 1. The van der Waals surface area contributed by atoms with Gasteiger partial charge in [-0.05, 0) is 32.1 Å². The largest absolute Gasteiger partial charge is 0.369 e. The number of nitrogens with two attached hydrogens (primary N) is 1. The SMILES string of the molecule is CCCN(CCN(C)C)c1c(Cl)cccc1CN. The van der Waals surface area contributed by atoms with E-state index in [-0.39, 0.29) is 0 Å². The third-order valence-electron chi connectivity index (χ3n) is 2.92. The quantitative estimate of drug-likeness (QED) is 0.826. The fourth-order valence-corrected chi connectivity index (χ4v) is 2.32. The van der Waals surface area contributed by atoms with E-state index >= 15 is 0 Å². The van der Waals surface area contributed by atoms with Crippen LogP contribution in [0.3, 0.4) is 0 Å². The van der Waals surface area contributed by atoms with Crippen LogP contribution in [0.4, 0.5) is 5.69 Å². The van der Waals surface area contributed by atoms with Crippen LogP contribution in [0.2, 0.25) is 5.02 Å². The number of hydrogen-bond acceptors (Lipinski definition) is 3. The third kappa shape index (κ3) is 4.16. The topological polar surface area (TPSA) is 32.5 Å². The second-order valence-electron chi connectivity index (χ2n) is 4.74. The van der Waals surface area contributed by atoms with Gasteiger partial charge in [0.1, 0.15) is 0 Å². The summed E-state index contributed by atoms with van der Waals surface area (Å²) in [6, 6.07) is 5.96. The molecule has 0 aliphatic rings. The predicted molar refractivity (Wildman–Crippen MR) is 80.4 cm³/mol. The van der Waals surface area contributed by atoms with Crippen LogP contribution in [0.25, 0.3) is 0 Å². The summed E-state index contributed by atoms with van der Waals surface area (Å²) in [5.41, 5.74) is 8.04. The van der Waals surface area contributed by atoms with Gasteiger partial charge >= 0.3 is 0 Å². The van der Waals surface area contributed by atoms with E-state index in [0.29, 0.717) is 6.54 Å². The molecule has 3 nitrogen and oxygen atoms in total. The normalized spacial score (nSPS) is 11.0. The van der Waals surface area contributed by atoms with Crippen LogP contribution in [0, 0.1) is 0 Å². The zero-order valence-electron chi connectivity index (χ0n) is 11.6. The fraction of sp³-hybridized carbons (Fsp3) is 0.571. The lowest BCUT2D eigenvalue weighted by atomic mass is 10.1. The molecule has 0 heterocycles. The summed E-state index contributed by atoms with van der Waals surface area (Å²) >= 11 is 6.34. The van der Waals surface area contributed by atoms with Crippen LogP contribution in [0.15, 0.2) is 18.2 Å². The summed E-state index contributed by atoms with van der Waals surface area (Å²) in [6.07, 6.45) is 1.10. The second-order valence-corrected chi connectivity index (χ2v) is 5.15. The Morgan fingerprint density at radius 2 is 1.89 bits per heavy atom. The van der Waals surface area contributed by atoms with Gasteiger partial charge in [0.15, 0.2) is 0 Å². The first-order valence-electron chi connectivity index (χ1n) is 6.47. The van der Waals surface area contributed by atoms with Crippen molar-refractivity contribution in [2.45, 2.75) is 19.9 Å². The standard InChI is InChI=1S/C14H24ClN3/c1-4-8-18(10-9-17(2)3)14-12(11-16)6-5-7-13(14)15/h5-7H,4,8-11,16H2,1-3H3. The molecule has 0 bridgehead atoms. The summed E-state index contributed by atoms with van der Waals surface area (Å²) in [4.78, 5) is 4.52. The Morgan fingerprint density at radius 3 is 2.44 bits per heavy atom. The lowest BCUT2D eigenvalue weighted by molar-refractivity contribution is 0.413. The molecule has 0 atom stereocenters. The van der Waals surface area contributed by atoms with Crippen LogP contribution in [-0.2, 0) is 6.54 Å². The minimum Gasteiger partial charge on any atom is -0.369 e. The van der Waals surface area contributed by atoms with Crippen LogP contribution >= 0.6 is 11.6 Å². The molecule has 0 unspecified atom stereocenters. The first-order chi connectivity index (χ1) is 8.60. The van der Waals surface area contributed by atoms with Gasteiger partial charge in [0.05, 0.1) is 10.7 Å². The highest BCUT2D eigenvalue weighted by Gasteiger charge is 2.13. The maximum Gasteiger partial charge on any atom is 0.0642 e. The number of anilines is 1. The molecule has 0 fully saturated rings. The minimum absolute atomic E-state index is 0.526. The van der Waals surface area contributed by atoms with Crippen molar-refractivity contribution in [1.82, 2.24) is 4.90 Å². The van der Waals surface area contributed by atoms with E-state index in [1.54, 1.807) is 0 Å². The third-order valence-corrected chi connectivity index (χ3v) is 3.22. The highest BCUT2D eigenvalue weighted by atomic mass is 35.5. The summed E-state index contributed by atoms with van der Waals surface area (Å²) in [6.45, 7) is 5.69. The summed E-state index contributed by atoms with van der Waals surface area (Å²) in [5, 5.41) is 0.796. The Kier molecular flexibility index (Phi) is 6.47. The maximum absolute atomic E-state index is 6.34. The van der Waals surface area contributed by atoms with Crippen molar-refractivity contribution in [1.29, 1.82) is 0 Å². The minimum atomic E-state index is 0.526. The highest BCUT2D eigenvalue weighted by molar-refractivity contribution is 6.33. The van der Waals surface area contributed by atoms with Crippen molar-refractivity contribution in [2.75, 3.05) is 38.6 Å². The van der Waals surface area contributed by atoms with Crippen LogP contribution in [0.5, 0.6) is 0 Å². The van der Waals surface area contributed by atoms with Crippen molar-refractivity contribution >= 4 is 17.3 Å². The van der Waals surface area contributed by atoms with Gasteiger partial charge in [-0.1, -0.05) is 30.7 Å². The van der Waals surface area contributed by atoms with E-state index in [0.717, 1.165) is 42.3 Å². The Hall–Kier alpha value is -0.770. The van der Waals surface area contributed by atoms with Gasteiger partial charge in [-0.2, -0.15) is 0 Å². The van der Waals surface area contributed by atoms with Crippen molar-refractivity contribution < 1.29 is 0 Å². The number of benzene rings is 1. The van der Waals surface area contributed by atoms with Crippen molar-refractivity contribution in [3.8, 4) is 0 Å². The zero-order chi connectivity index (χ0) is 13.5. The van der Waals surface area contributed by atoms with E-state index in [2.05, 4.69) is 36.9 Å². The van der Waals surface area contributed by atoms with E-state index in [9.17, 15) is 0 Å². The van der Waals surface area contributed by atoms with Crippen molar-refractivity contribution in [3.63, 3.8) is 0 Å². The van der Waals surface area contributed by atoms with Gasteiger partial charge in [-0.25, -0.2) is 0 Å². The van der Waals surface area contributed by atoms with Crippen molar-refractivity contribution in [2.24, 2.45) is 5.73 Å². The monoisotopic (exact) mass is 269 g/mol. The molecule has 2 N–H and O–H groups in total. The van der Waals surface area contributed by atoms with Crippen LogP contribution < -0.4 is 10.6 Å². The lowest BCUT2D eigenvalue weighted by Crippen LogP contribution is -2.33. The maximum atomic E-state index is 6.34. The number of hydrogen-bond donors (Lipinski definition) is 1. The molecule has 1 aromatic rings. The number of likely N-dealkylation sites (N-methyl/N-ethyl adjacent to an activating group) is 1. The molecule has 0 spiro atoms. The Morgan fingerprint density at radius 1 is 1.17 bits per heavy atom. The van der Waals surface area contributed by atoms with Crippen LogP contribution in [0.1, 0.15) is 18.9 Å². The smallest absolute Gasteiger partial charge is 0.0642 e. The first kappa shape index (κ1) is 15.3. The molecular weight excluding hydrogens is 246 g/mol. The van der Waals surface area contributed by atoms with E-state index in [4.69, 9.17) is 17.3 Å². The molecule has 0 aromatic heterocycles. The summed E-state index contributed by atoms with van der Waals surface area (Å²) in [5.74, 6) is 0. The van der Waals surface area contributed by atoms with Gasteiger partial charge in [0.2, 0.25) is 0 Å². The molecule has 102 valence electrons. The average Bonchev–Trinajstić information content (AvgIpc) is 2.34. The number of para-hydroxylation sites is 1. The summed E-state index contributed by atoms with van der Waals surface area (Å²) in [7, 11) is 4.17. The van der Waals surface area contributed by atoms with Gasteiger partial charge in [-0.3, -0.25) is 0 Å². The van der Waals surface area contributed by atoms with Gasteiger partial charge in [0.25, 0.3) is 0 Å². The molecule has 0 saturated heterocycles.